The maximum atomic E-state index is 2.31. The van der Waals surface area contributed by atoms with Gasteiger partial charge < -0.3 is 24.8 Å². The van der Waals surface area contributed by atoms with Gasteiger partial charge in [0.1, 0.15) is 0 Å². The maximum Gasteiger partial charge on any atom is 3.00 e. The topological polar surface area (TPSA) is 0 Å². The van der Waals surface area contributed by atoms with Gasteiger partial charge in [-0.2, -0.15) is 0 Å². The fourth-order valence-corrected chi connectivity index (χ4v) is 2.35. The summed E-state index contributed by atoms with van der Waals surface area (Å²) in [5.41, 5.74) is 4.28. The van der Waals surface area contributed by atoms with Crippen LogP contribution in [0.5, 0.6) is 0 Å². The first-order valence-corrected chi connectivity index (χ1v) is 5.37. The molecule has 0 bridgehead atoms. The van der Waals surface area contributed by atoms with E-state index in [0.29, 0.717) is 0 Å². The van der Waals surface area contributed by atoms with Crippen molar-refractivity contribution >= 4 is 16.3 Å². The third-order valence-electron chi connectivity index (χ3n) is 3.19. The second-order valence-electron chi connectivity index (χ2n) is 4.09. The molecular formula is C15H13Cl2Zr. The van der Waals surface area contributed by atoms with Crippen LogP contribution in [0.1, 0.15) is 17.5 Å². The molecule has 2 aromatic carbocycles. The largest absolute Gasteiger partial charge is 3.00 e. The van der Waals surface area contributed by atoms with Crippen LogP contribution in [0.2, 0.25) is 0 Å². The molecule has 0 nitrogen and oxygen atoms in total. The van der Waals surface area contributed by atoms with Crippen molar-refractivity contribution in [2.45, 2.75) is 13.3 Å². The van der Waals surface area contributed by atoms with Crippen LogP contribution in [0.3, 0.4) is 0 Å². The molecule has 3 heteroatoms. The molecule has 0 aliphatic heterocycles. The van der Waals surface area contributed by atoms with E-state index in [1.165, 1.54) is 27.5 Å². The van der Waals surface area contributed by atoms with Gasteiger partial charge in [-0.05, 0) is 6.42 Å². The summed E-state index contributed by atoms with van der Waals surface area (Å²) in [5.74, 6) is 0. The van der Waals surface area contributed by atoms with E-state index in [2.05, 4.69) is 55.5 Å². The van der Waals surface area contributed by atoms with Crippen LogP contribution in [-0.2, 0) is 26.2 Å². The number of aryl methyl sites for hydroxylation is 1. The number of hydrogen-bond acceptors (Lipinski definition) is 0. The quantitative estimate of drug-likeness (QED) is 0.531. The Hall–Kier alpha value is -0.227. The van der Waals surface area contributed by atoms with Crippen LogP contribution in [-0.4, -0.2) is 0 Å². The van der Waals surface area contributed by atoms with Gasteiger partial charge in [-0.3, -0.25) is 0 Å². The van der Waals surface area contributed by atoms with Crippen LogP contribution in [0.25, 0.3) is 16.3 Å². The maximum absolute atomic E-state index is 2.31. The summed E-state index contributed by atoms with van der Waals surface area (Å²) < 4.78 is 0. The van der Waals surface area contributed by atoms with Crippen molar-refractivity contribution in [1.29, 1.82) is 0 Å². The number of rotatable bonds is 1. The first-order valence-electron chi connectivity index (χ1n) is 5.37. The fraction of sp³-hybridized carbons (Fsp3) is 0.133. The van der Waals surface area contributed by atoms with Crippen molar-refractivity contribution < 1.29 is 51.0 Å². The molecule has 0 unspecified atom stereocenters. The standard InChI is InChI=1S/C15H13.2ClH.Zr/c1-11-14-9-5-4-8-13(14)10-15(11)12-6-2-3-7-12;;;/h2-6,8-10H,7H2,1H3;2*1H;/q-1;;;+3/p-2. The fourth-order valence-electron chi connectivity index (χ4n) is 2.35. The van der Waals surface area contributed by atoms with Crippen molar-refractivity contribution in [3.05, 3.63) is 59.7 Å². The molecule has 1 radical (unpaired) electrons. The van der Waals surface area contributed by atoms with E-state index in [0.717, 1.165) is 6.42 Å². The summed E-state index contributed by atoms with van der Waals surface area (Å²) in [6, 6.07) is 10.9. The molecule has 0 saturated heterocycles. The molecule has 0 amide bonds. The zero-order chi connectivity index (χ0) is 10.3. The number of allylic oxidation sites excluding steroid dienone is 4. The molecular weight excluding hydrogens is 342 g/mol. The van der Waals surface area contributed by atoms with Gasteiger partial charge in [-0.25, -0.2) is 0 Å². The molecule has 0 aromatic heterocycles. The molecule has 0 heterocycles. The first-order chi connectivity index (χ1) is 7.36. The van der Waals surface area contributed by atoms with E-state index in [-0.39, 0.29) is 51.0 Å². The molecule has 2 aromatic rings. The Labute approximate surface area is 139 Å². The summed E-state index contributed by atoms with van der Waals surface area (Å²) in [4.78, 5) is 0. The molecule has 3 rings (SSSR count). The third-order valence-corrected chi connectivity index (χ3v) is 3.19. The molecule has 1 aliphatic carbocycles. The summed E-state index contributed by atoms with van der Waals surface area (Å²) in [7, 11) is 0. The van der Waals surface area contributed by atoms with Crippen LogP contribution in [0.4, 0.5) is 0 Å². The monoisotopic (exact) mass is 353 g/mol. The van der Waals surface area contributed by atoms with Crippen molar-refractivity contribution in [2.75, 3.05) is 0 Å². The molecule has 18 heavy (non-hydrogen) atoms. The van der Waals surface area contributed by atoms with E-state index in [1.54, 1.807) is 0 Å². The van der Waals surface area contributed by atoms with Crippen LogP contribution < -0.4 is 24.8 Å². The Bertz CT molecular complexity index is 579. The Morgan fingerprint density at radius 3 is 2.44 bits per heavy atom. The number of benzene rings is 1. The molecule has 0 spiro atoms. The van der Waals surface area contributed by atoms with E-state index in [1.807, 2.05) is 0 Å². The Kier molecular flexibility index (Phi) is 7.29. The number of halogens is 2. The molecule has 1 aliphatic rings. The van der Waals surface area contributed by atoms with Gasteiger partial charge in [0.25, 0.3) is 0 Å². The summed E-state index contributed by atoms with van der Waals surface area (Å²) in [6.45, 7) is 2.22. The average Bonchev–Trinajstić information content (AvgIpc) is 2.87. The van der Waals surface area contributed by atoms with Gasteiger partial charge in [0.15, 0.2) is 0 Å². The minimum absolute atomic E-state index is 0. The molecule has 0 fully saturated rings. The van der Waals surface area contributed by atoms with Crippen LogP contribution in [0.15, 0.2) is 48.6 Å². The van der Waals surface area contributed by atoms with Crippen molar-refractivity contribution in [3.63, 3.8) is 0 Å². The summed E-state index contributed by atoms with van der Waals surface area (Å²) >= 11 is 0. The Morgan fingerprint density at radius 2 is 1.83 bits per heavy atom. The number of hydrogen-bond donors (Lipinski definition) is 0. The van der Waals surface area contributed by atoms with Gasteiger partial charge in [0.2, 0.25) is 0 Å². The average molecular weight is 355 g/mol. The van der Waals surface area contributed by atoms with Gasteiger partial charge >= 0.3 is 26.2 Å². The Morgan fingerprint density at radius 1 is 1.11 bits per heavy atom. The third kappa shape index (κ3) is 3.02. The minimum atomic E-state index is 0. The first kappa shape index (κ1) is 17.8. The van der Waals surface area contributed by atoms with Crippen molar-refractivity contribution in [2.24, 2.45) is 0 Å². The second kappa shape index (κ2) is 7.38. The zero-order valence-electron chi connectivity index (χ0n) is 10.1. The normalized spacial score (nSPS) is 12.4. The van der Waals surface area contributed by atoms with Crippen LogP contribution >= 0.6 is 0 Å². The SMILES string of the molecule is Cc1c(C2=CC=CC2)[cH-]c2ccccc12.[Cl-].[Cl-].[Zr+3]. The van der Waals surface area contributed by atoms with Crippen molar-refractivity contribution in [1.82, 2.24) is 0 Å². The predicted molar refractivity (Wildman–Crippen MR) is 66.0 cm³/mol. The van der Waals surface area contributed by atoms with E-state index < -0.39 is 0 Å². The Balaban J connectivity index is 0.000000963. The zero-order valence-corrected chi connectivity index (χ0v) is 14.1. The summed E-state index contributed by atoms with van der Waals surface area (Å²) in [5, 5.41) is 2.75. The summed E-state index contributed by atoms with van der Waals surface area (Å²) in [6.07, 6.45) is 7.66. The van der Waals surface area contributed by atoms with Crippen LogP contribution in [0, 0.1) is 6.92 Å². The predicted octanol–water partition coefficient (Wildman–Crippen LogP) is -1.78. The van der Waals surface area contributed by atoms with E-state index in [4.69, 9.17) is 0 Å². The minimum Gasteiger partial charge on any atom is -1.00 e. The van der Waals surface area contributed by atoms with Gasteiger partial charge in [0.05, 0.1) is 0 Å². The van der Waals surface area contributed by atoms with Gasteiger partial charge in [-0.15, -0.1) is 39.6 Å². The molecule has 0 N–H and O–H groups in total. The van der Waals surface area contributed by atoms with E-state index >= 15 is 0 Å². The van der Waals surface area contributed by atoms with Gasteiger partial charge in [0, 0.05) is 0 Å². The molecule has 0 saturated carbocycles. The number of fused-ring (bicyclic) bond motifs is 1. The van der Waals surface area contributed by atoms with Gasteiger partial charge in [-0.1, -0.05) is 43.4 Å². The molecule has 91 valence electrons. The smallest absolute Gasteiger partial charge is 1.00 e. The van der Waals surface area contributed by atoms with Crippen molar-refractivity contribution in [3.8, 4) is 0 Å². The second-order valence-corrected chi connectivity index (χ2v) is 4.09. The molecule has 0 atom stereocenters. The van der Waals surface area contributed by atoms with E-state index in [9.17, 15) is 0 Å².